The Labute approximate surface area is 248 Å². The van der Waals surface area contributed by atoms with Crippen molar-refractivity contribution in [1.29, 1.82) is 5.41 Å². The third kappa shape index (κ3) is 10.7. The van der Waals surface area contributed by atoms with Crippen LogP contribution in [0.2, 0.25) is 0 Å². The summed E-state index contributed by atoms with van der Waals surface area (Å²) in [5.74, 6) is -4.43. The van der Waals surface area contributed by atoms with Crippen LogP contribution in [0.3, 0.4) is 0 Å². The van der Waals surface area contributed by atoms with Gasteiger partial charge in [-0.2, -0.15) is 0 Å². The molecule has 16 heteroatoms. The van der Waals surface area contributed by atoms with Crippen molar-refractivity contribution < 1.29 is 43.7 Å². The van der Waals surface area contributed by atoms with E-state index in [-0.39, 0.29) is 61.3 Å². The quantitative estimate of drug-likeness (QED) is 0.0591. The Morgan fingerprint density at radius 3 is 2.26 bits per heavy atom. The number of carboxylic acids is 2. The standard InChI is InChI=1S/C27H41N7O9/c1-13(2)8-20-17(25(39)40)10-16(43-20)11-19(26(41)42)32-21(36)4-6-31-23(37)18(33-24(38)22(28)14(3)35)9-15-5-7-34(12-15)27(29)30/h5,10,13-14,18-19,22,35H,4,6-9,11-12,28H2,1-3H3,(H3,29,30)(H,31,37)(H,32,36)(H,33,38)(H,39,40)(H,41,42). The predicted molar refractivity (Wildman–Crippen MR) is 153 cm³/mol. The van der Waals surface area contributed by atoms with Crippen LogP contribution in [-0.2, 0) is 32.0 Å². The predicted octanol–water partition coefficient (Wildman–Crippen LogP) is -1.49. The highest BCUT2D eigenvalue weighted by Gasteiger charge is 2.29. The van der Waals surface area contributed by atoms with E-state index >= 15 is 0 Å². The third-order valence-corrected chi connectivity index (χ3v) is 6.63. The Morgan fingerprint density at radius 2 is 1.72 bits per heavy atom. The minimum absolute atomic E-state index is 0.0570. The van der Waals surface area contributed by atoms with Crippen LogP contribution in [0.25, 0.3) is 0 Å². The van der Waals surface area contributed by atoms with Crippen molar-refractivity contribution in [1.82, 2.24) is 20.9 Å². The Morgan fingerprint density at radius 1 is 1.05 bits per heavy atom. The summed E-state index contributed by atoms with van der Waals surface area (Å²) in [4.78, 5) is 62.9. The molecule has 0 aliphatic carbocycles. The van der Waals surface area contributed by atoms with Gasteiger partial charge in [-0.05, 0) is 25.3 Å². The van der Waals surface area contributed by atoms with Crippen molar-refractivity contribution >= 4 is 35.6 Å². The summed E-state index contributed by atoms with van der Waals surface area (Å²) in [5, 5.41) is 43.6. The van der Waals surface area contributed by atoms with Crippen LogP contribution >= 0.6 is 0 Å². The van der Waals surface area contributed by atoms with Gasteiger partial charge < -0.3 is 52.1 Å². The lowest BCUT2D eigenvalue weighted by Crippen LogP contribution is -2.54. The molecule has 1 aliphatic rings. The van der Waals surface area contributed by atoms with Crippen LogP contribution in [-0.4, -0.2) is 99.7 Å². The maximum Gasteiger partial charge on any atom is 0.339 e. The van der Waals surface area contributed by atoms with Crippen molar-refractivity contribution in [2.24, 2.45) is 17.4 Å². The average molecular weight is 608 g/mol. The number of aromatic carboxylic acids is 1. The lowest BCUT2D eigenvalue weighted by Gasteiger charge is -2.23. The lowest BCUT2D eigenvalue weighted by molar-refractivity contribution is -0.142. The van der Waals surface area contributed by atoms with Gasteiger partial charge >= 0.3 is 11.9 Å². The topological polar surface area (TPSA) is 274 Å². The molecule has 0 spiro atoms. The van der Waals surface area contributed by atoms with E-state index in [1.165, 1.54) is 13.0 Å². The number of guanidine groups is 1. The smallest absolute Gasteiger partial charge is 0.339 e. The fourth-order valence-corrected chi connectivity index (χ4v) is 4.28. The van der Waals surface area contributed by atoms with Crippen molar-refractivity contribution in [3.63, 3.8) is 0 Å². The van der Waals surface area contributed by atoms with E-state index in [0.29, 0.717) is 13.0 Å². The molecular weight excluding hydrogens is 566 g/mol. The summed E-state index contributed by atoms with van der Waals surface area (Å²) in [7, 11) is 0. The molecule has 2 heterocycles. The number of hydrogen-bond donors (Lipinski definition) is 9. The van der Waals surface area contributed by atoms with Gasteiger partial charge in [0.2, 0.25) is 17.7 Å². The average Bonchev–Trinajstić information content (AvgIpc) is 3.54. The van der Waals surface area contributed by atoms with Crippen LogP contribution in [0.5, 0.6) is 0 Å². The monoisotopic (exact) mass is 607 g/mol. The normalized spacial score (nSPS) is 15.7. The van der Waals surface area contributed by atoms with E-state index in [0.717, 1.165) is 5.57 Å². The first-order valence-corrected chi connectivity index (χ1v) is 13.7. The molecule has 11 N–H and O–H groups in total. The number of rotatable bonds is 16. The van der Waals surface area contributed by atoms with E-state index in [2.05, 4.69) is 16.0 Å². The van der Waals surface area contributed by atoms with Gasteiger partial charge in [-0.3, -0.25) is 19.8 Å². The zero-order valence-electron chi connectivity index (χ0n) is 24.4. The number of nitrogens with two attached hydrogens (primary N) is 2. The Balaban J connectivity index is 2.00. The summed E-state index contributed by atoms with van der Waals surface area (Å²) in [6.07, 6.45) is 0.390. The van der Waals surface area contributed by atoms with Gasteiger partial charge in [0.1, 0.15) is 35.2 Å². The third-order valence-electron chi connectivity index (χ3n) is 6.63. The summed E-state index contributed by atoms with van der Waals surface area (Å²) >= 11 is 0. The first-order chi connectivity index (χ1) is 20.1. The zero-order valence-corrected chi connectivity index (χ0v) is 24.4. The first kappa shape index (κ1) is 34.8. The molecule has 43 heavy (non-hydrogen) atoms. The highest BCUT2D eigenvalue weighted by Crippen LogP contribution is 2.21. The number of carbonyl (C=O) groups is 5. The molecule has 2 rings (SSSR count). The Kier molecular flexibility index (Phi) is 12.7. The Hall–Kier alpha value is -4.44. The van der Waals surface area contributed by atoms with E-state index in [9.17, 15) is 39.3 Å². The number of aliphatic hydroxyl groups excluding tert-OH is 1. The van der Waals surface area contributed by atoms with E-state index in [4.69, 9.17) is 21.3 Å². The molecule has 0 radical (unpaired) electrons. The van der Waals surface area contributed by atoms with Gasteiger partial charge in [-0.25, -0.2) is 9.59 Å². The fraction of sp³-hybridized carbons (Fsp3) is 0.556. The van der Waals surface area contributed by atoms with E-state index < -0.39 is 53.9 Å². The number of nitrogens with zero attached hydrogens (tertiary/aromatic N) is 1. The lowest BCUT2D eigenvalue weighted by atomic mass is 10.0. The van der Waals surface area contributed by atoms with E-state index in [1.54, 1.807) is 11.0 Å². The molecule has 1 aliphatic heterocycles. The second kappa shape index (κ2) is 15.7. The van der Waals surface area contributed by atoms with Crippen molar-refractivity contribution in [2.75, 3.05) is 19.6 Å². The molecule has 4 atom stereocenters. The number of hydrogen-bond acceptors (Lipinski definition) is 9. The van der Waals surface area contributed by atoms with Gasteiger partial charge in [0.05, 0.1) is 6.10 Å². The Bertz CT molecular complexity index is 1240. The molecule has 3 amide bonds. The molecule has 0 saturated heterocycles. The van der Waals surface area contributed by atoms with Crippen molar-refractivity contribution in [2.45, 2.75) is 70.7 Å². The largest absolute Gasteiger partial charge is 0.480 e. The number of carbonyl (C=O) groups excluding carboxylic acids is 3. The van der Waals surface area contributed by atoms with Crippen molar-refractivity contribution in [3.05, 3.63) is 34.8 Å². The SMILES string of the molecule is CC(C)Cc1oc(CC(NC(=O)CCNC(=O)C(CC2=CCN(C(=N)N)C2)NC(=O)C(N)C(C)O)C(=O)O)cc1C(=O)O. The number of furan rings is 1. The van der Waals surface area contributed by atoms with Crippen LogP contribution in [0.1, 0.15) is 55.5 Å². The van der Waals surface area contributed by atoms with Crippen LogP contribution in [0.4, 0.5) is 0 Å². The van der Waals surface area contributed by atoms with Crippen molar-refractivity contribution in [3.8, 4) is 0 Å². The molecule has 0 aromatic carbocycles. The van der Waals surface area contributed by atoms with Gasteiger partial charge in [-0.15, -0.1) is 0 Å². The van der Waals surface area contributed by atoms with Crippen LogP contribution < -0.4 is 27.4 Å². The molecule has 0 bridgehead atoms. The minimum Gasteiger partial charge on any atom is -0.480 e. The fourth-order valence-electron chi connectivity index (χ4n) is 4.28. The van der Waals surface area contributed by atoms with Gasteiger partial charge in [-0.1, -0.05) is 25.5 Å². The highest BCUT2D eigenvalue weighted by atomic mass is 16.4. The summed E-state index contributed by atoms with van der Waals surface area (Å²) in [6, 6.07) is -2.58. The summed E-state index contributed by atoms with van der Waals surface area (Å²) in [5.41, 5.74) is 11.9. The molecule has 0 saturated carbocycles. The zero-order chi connectivity index (χ0) is 32.4. The van der Waals surface area contributed by atoms with Crippen LogP contribution in [0.15, 0.2) is 22.1 Å². The number of nitrogens with one attached hydrogen (secondary N) is 4. The molecule has 1 aromatic rings. The molecule has 16 nitrogen and oxygen atoms in total. The first-order valence-electron chi connectivity index (χ1n) is 13.7. The molecular formula is C27H41N7O9. The summed E-state index contributed by atoms with van der Waals surface area (Å²) in [6.45, 7) is 5.52. The molecule has 1 aromatic heterocycles. The molecule has 4 unspecified atom stereocenters. The maximum atomic E-state index is 13.0. The van der Waals surface area contributed by atoms with E-state index in [1.807, 2.05) is 13.8 Å². The van der Waals surface area contributed by atoms with Gasteiger partial charge in [0, 0.05) is 38.9 Å². The van der Waals surface area contributed by atoms with Gasteiger partial charge in [0.15, 0.2) is 5.96 Å². The minimum atomic E-state index is -1.42. The number of amides is 3. The second-order valence-electron chi connectivity index (χ2n) is 10.8. The number of aliphatic hydroxyl groups is 1. The summed E-state index contributed by atoms with van der Waals surface area (Å²) < 4.78 is 5.59. The maximum absolute atomic E-state index is 13.0. The number of aliphatic carboxylic acids is 1. The van der Waals surface area contributed by atoms with Crippen LogP contribution in [0, 0.1) is 11.3 Å². The van der Waals surface area contributed by atoms with Gasteiger partial charge in [0.25, 0.3) is 0 Å². The highest BCUT2D eigenvalue weighted by molar-refractivity contribution is 5.91. The number of carboxylic acid groups (broad SMARTS) is 2. The second-order valence-corrected chi connectivity index (χ2v) is 10.8. The molecule has 238 valence electrons. The molecule has 0 fully saturated rings.